The first kappa shape index (κ1) is 13.1. The number of rotatable bonds is 7. The quantitative estimate of drug-likeness (QED) is 0.776. The number of aromatic nitrogens is 2. The van der Waals surface area contributed by atoms with Gasteiger partial charge in [0.1, 0.15) is 18.2 Å². The van der Waals surface area contributed by atoms with E-state index in [9.17, 15) is 0 Å². The van der Waals surface area contributed by atoms with Gasteiger partial charge in [-0.05, 0) is 25.2 Å². The van der Waals surface area contributed by atoms with Crippen molar-refractivity contribution in [3.63, 3.8) is 0 Å². The Bertz CT molecular complexity index is 397. The van der Waals surface area contributed by atoms with Crippen LogP contribution in [0.1, 0.15) is 26.1 Å². The van der Waals surface area contributed by atoms with Gasteiger partial charge >= 0.3 is 0 Å². The number of anilines is 2. The minimum atomic E-state index is 0.459. The lowest BCUT2D eigenvalue weighted by atomic mass is 10.3. The van der Waals surface area contributed by atoms with Crippen molar-refractivity contribution in [2.24, 2.45) is 11.8 Å². The van der Waals surface area contributed by atoms with Crippen LogP contribution in [0.15, 0.2) is 6.07 Å². The van der Waals surface area contributed by atoms with Crippen molar-refractivity contribution in [3.8, 4) is 0 Å². The van der Waals surface area contributed by atoms with Crippen LogP contribution in [-0.4, -0.2) is 30.2 Å². The highest BCUT2D eigenvalue weighted by molar-refractivity contribution is 5.47. The topological polar surface area (TPSA) is 59.1 Å². The molecule has 1 heterocycles. The molecule has 1 aromatic rings. The Labute approximate surface area is 108 Å². The van der Waals surface area contributed by atoms with Crippen LogP contribution in [0.2, 0.25) is 0 Å². The summed E-state index contributed by atoms with van der Waals surface area (Å²) in [4.78, 5) is 8.82. The lowest BCUT2D eigenvalue weighted by Crippen LogP contribution is -2.10. The summed E-state index contributed by atoms with van der Waals surface area (Å²) in [5.74, 6) is 4.07. The van der Waals surface area contributed by atoms with E-state index in [0.717, 1.165) is 35.8 Å². The van der Waals surface area contributed by atoms with Crippen LogP contribution in [0.5, 0.6) is 0 Å². The van der Waals surface area contributed by atoms with E-state index in [1.165, 1.54) is 6.42 Å². The molecule has 100 valence electrons. The smallest absolute Gasteiger partial charge is 0.158 e. The molecule has 18 heavy (non-hydrogen) atoms. The van der Waals surface area contributed by atoms with E-state index in [4.69, 9.17) is 4.74 Å². The van der Waals surface area contributed by atoms with Crippen molar-refractivity contribution in [2.75, 3.05) is 30.8 Å². The van der Waals surface area contributed by atoms with Gasteiger partial charge in [0.15, 0.2) is 5.82 Å². The van der Waals surface area contributed by atoms with Crippen molar-refractivity contribution >= 4 is 11.6 Å². The minimum Gasteiger partial charge on any atom is -0.374 e. The largest absolute Gasteiger partial charge is 0.374 e. The zero-order valence-corrected chi connectivity index (χ0v) is 11.4. The monoisotopic (exact) mass is 250 g/mol. The fourth-order valence-corrected chi connectivity index (χ4v) is 1.89. The number of hydrogen-bond acceptors (Lipinski definition) is 5. The highest BCUT2D eigenvalue weighted by Crippen LogP contribution is 2.37. The Morgan fingerprint density at radius 3 is 2.72 bits per heavy atom. The van der Waals surface area contributed by atoms with Crippen LogP contribution in [0.25, 0.3) is 0 Å². The number of nitrogens with zero attached hydrogens (tertiary/aromatic N) is 2. The molecule has 1 aromatic heterocycles. The normalized spacial score (nSPS) is 21.7. The highest BCUT2D eigenvalue weighted by Gasteiger charge is 2.31. The number of nitrogens with one attached hydrogen (secondary N) is 2. The van der Waals surface area contributed by atoms with Crippen molar-refractivity contribution in [1.82, 2.24) is 9.97 Å². The number of ether oxygens (including phenoxy) is 1. The van der Waals surface area contributed by atoms with E-state index in [1.54, 1.807) is 0 Å². The molecule has 5 nitrogen and oxygen atoms in total. The number of hydrogen-bond donors (Lipinski definition) is 2. The van der Waals surface area contributed by atoms with E-state index in [2.05, 4.69) is 27.5 Å². The van der Waals surface area contributed by atoms with Gasteiger partial charge in [0.2, 0.25) is 0 Å². The van der Waals surface area contributed by atoms with Crippen molar-refractivity contribution in [1.29, 1.82) is 0 Å². The van der Waals surface area contributed by atoms with E-state index in [-0.39, 0.29) is 0 Å². The van der Waals surface area contributed by atoms with Gasteiger partial charge in [0.25, 0.3) is 0 Å². The summed E-state index contributed by atoms with van der Waals surface area (Å²) < 4.78 is 5.35. The van der Waals surface area contributed by atoms with Crippen LogP contribution in [0.4, 0.5) is 11.6 Å². The van der Waals surface area contributed by atoms with Crippen LogP contribution >= 0.6 is 0 Å². The molecule has 1 saturated carbocycles. The Balaban J connectivity index is 1.98. The zero-order chi connectivity index (χ0) is 13.0. The molecule has 1 fully saturated rings. The van der Waals surface area contributed by atoms with Crippen molar-refractivity contribution in [3.05, 3.63) is 11.9 Å². The molecule has 0 spiro atoms. The molecule has 0 aromatic carbocycles. The molecule has 1 aliphatic rings. The van der Waals surface area contributed by atoms with E-state index in [1.807, 2.05) is 20.0 Å². The maximum atomic E-state index is 5.35. The van der Waals surface area contributed by atoms with E-state index in [0.29, 0.717) is 13.2 Å². The van der Waals surface area contributed by atoms with Gasteiger partial charge in [-0.1, -0.05) is 6.92 Å². The Morgan fingerprint density at radius 2 is 2.11 bits per heavy atom. The first-order valence-corrected chi connectivity index (χ1v) is 6.60. The van der Waals surface area contributed by atoms with Crippen molar-refractivity contribution in [2.45, 2.75) is 26.9 Å². The standard InChI is InChI=1S/C13H22N4O/c1-4-18-8-13-16-11(14-3)6-12(17-13)15-7-10-5-9(10)2/h6,9-10H,4-5,7-8H2,1-3H3,(H2,14,15,16,17). The second-order valence-corrected chi connectivity index (χ2v) is 4.80. The third kappa shape index (κ3) is 3.57. The molecular formula is C13H22N4O. The van der Waals surface area contributed by atoms with Crippen LogP contribution in [-0.2, 0) is 11.3 Å². The van der Waals surface area contributed by atoms with E-state index >= 15 is 0 Å². The SMILES string of the molecule is CCOCc1nc(NC)cc(NCC2CC2C)n1. The zero-order valence-electron chi connectivity index (χ0n) is 11.4. The molecule has 2 atom stereocenters. The predicted octanol–water partition coefficient (Wildman–Crippen LogP) is 2.12. The summed E-state index contributed by atoms with van der Waals surface area (Å²) in [6, 6.07) is 1.93. The second kappa shape index (κ2) is 6.00. The van der Waals surface area contributed by atoms with Crippen LogP contribution < -0.4 is 10.6 Å². The first-order valence-electron chi connectivity index (χ1n) is 6.60. The molecular weight excluding hydrogens is 228 g/mol. The summed E-state index contributed by atoms with van der Waals surface area (Å²) in [5.41, 5.74) is 0. The maximum Gasteiger partial charge on any atom is 0.158 e. The Hall–Kier alpha value is -1.36. The Kier molecular flexibility index (Phi) is 4.36. The van der Waals surface area contributed by atoms with Gasteiger partial charge in [-0.25, -0.2) is 9.97 Å². The van der Waals surface area contributed by atoms with Gasteiger partial charge in [0, 0.05) is 26.3 Å². The van der Waals surface area contributed by atoms with E-state index < -0.39 is 0 Å². The average Bonchev–Trinajstić information content (AvgIpc) is 3.09. The van der Waals surface area contributed by atoms with Gasteiger partial charge in [0.05, 0.1) is 0 Å². The fraction of sp³-hybridized carbons (Fsp3) is 0.692. The molecule has 2 rings (SSSR count). The summed E-state index contributed by atoms with van der Waals surface area (Å²) in [6.07, 6.45) is 1.32. The summed E-state index contributed by atoms with van der Waals surface area (Å²) in [6.45, 7) is 6.38. The molecule has 2 unspecified atom stereocenters. The second-order valence-electron chi connectivity index (χ2n) is 4.80. The van der Waals surface area contributed by atoms with Gasteiger partial charge in [-0.15, -0.1) is 0 Å². The van der Waals surface area contributed by atoms with Crippen LogP contribution in [0.3, 0.4) is 0 Å². The van der Waals surface area contributed by atoms with Gasteiger partial charge in [-0.3, -0.25) is 0 Å². The molecule has 0 saturated heterocycles. The van der Waals surface area contributed by atoms with Gasteiger partial charge < -0.3 is 15.4 Å². The third-order valence-corrected chi connectivity index (χ3v) is 3.29. The molecule has 0 amide bonds. The first-order chi connectivity index (χ1) is 8.72. The Morgan fingerprint density at radius 1 is 1.39 bits per heavy atom. The van der Waals surface area contributed by atoms with Gasteiger partial charge in [-0.2, -0.15) is 0 Å². The van der Waals surface area contributed by atoms with Crippen LogP contribution in [0, 0.1) is 11.8 Å². The molecule has 5 heteroatoms. The maximum absolute atomic E-state index is 5.35. The lowest BCUT2D eigenvalue weighted by molar-refractivity contribution is 0.128. The summed E-state index contributed by atoms with van der Waals surface area (Å²) in [5, 5.41) is 6.43. The summed E-state index contributed by atoms with van der Waals surface area (Å²) in [7, 11) is 1.86. The lowest BCUT2D eigenvalue weighted by Gasteiger charge is -2.09. The highest BCUT2D eigenvalue weighted by atomic mass is 16.5. The predicted molar refractivity (Wildman–Crippen MR) is 72.7 cm³/mol. The molecule has 0 radical (unpaired) electrons. The molecule has 0 aliphatic heterocycles. The molecule has 2 N–H and O–H groups in total. The third-order valence-electron chi connectivity index (χ3n) is 3.29. The average molecular weight is 250 g/mol. The molecule has 0 bridgehead atoms. The fourth-order valence-electron chi connectivity index (χ4n) is 1.89. The van der Waals surface area contributed by atoms with Crippen molar-refractivity contribution < 1.29 is 4.74 Å². The molecule has 1 aliphatic carbocycles. The minimum absolute atomic E-state index is 0.459. The summed E-state index contributed by atoms with van der Waals surface area (Å²) >= 11 is 0.